The molecule has 0 unspecified atom stereocenters. The van der Waals surface area contributed by atoms with Crippen LogP contribution in [0.5, 0.6) is 0 Å². The van der Waals surface area contributed by atoms with Gasteiger partial charge in [-0.25, -0.2) is 9.36 Å². The maximum absolute atomic E-state index is 12.5. The van der Waals surface area contributed by atoms with E-state index in [9.17, 15) is 13.6 Å². The van der Waals surface area contributed by atoms with E-state index in [1.54, 1.807) is 30.3 Å². The van der Waals surface area contributed by atoms with Crippen LogP contribution in [-0.4, -0.2) is 14.3 Å². The van der Waals surface area contributed by atoms with Gasteiger partial charge in [-0.05, 0) is 19.1 Å². The molecule has 0 N–H and O–H groups in total. The lowest BCUT2D eigenvalue weighted by molar-refractivity contribution is 0.0640. The van der Waals surface area contributed by atoms with Crippen LogP contribution < -0.4 is 5.69 Å². The van der Waals surface area contributed by atoms with Crippen LogP contribution in [0.4, 0.5) is 8.78 Å². The topological polar surface area (TPSA) is 39.8 Å². The number of benzene rings is 1. The Morgan fingerprint density at radius 1 is 1.25 bits per heavy atom. The van der Waals surface area contributed by atoms with Gasteiger partial charge in [0.25, 0.3) is 0 Å². The fourth-order valence-electron chi connectivity index (χ4n) is 1.44. The summed E-state index contributed by atoms with van der Waals surface area (Å²) in [5.41, 5.74) is -0.367. The molecule has 0 aliphatic rings. The quantitative estimate of drug-likeness (QED) is 0.780. The molecule has 0 saturated heterocycles. The molecule has 0 atom stereocenters. The summed E-state index contributed by atoms with van der Waals surface area (Å²) in [7, 11) is 0. The van der Waals surface area contributed by atoms with E-state index in [0.717, 1.165) is 4.68 Å². The minimum absolute atomic E-state index is 0.0103. The van der Waals surface area contributed by atoms with E-state index < -0.39 is 12.2 Å². The maximum Gasteiger partial charge on any atom is 0.355 e. The summed E-state index contributed by atoms with van der Waals surface area (Å²) >= 11 is 0. The number of hydrogen-bond acceptors (Lipinski definition) is 2. The lowest BCUT2D eigenvalue weighted by atomic mass is 10.3. The highest BCUT2D eigenvalue weighted by Crippen LogP contribution is 2.10. The van der Waals surface area contributed by atoms with Gasteiger partial charge in [-0.3, -0.25) is 0 Å². The number of para-hydroxylation sites is 1. The molecule has 2 rings (SSSR count). The number of nitrogens with zero attached hydrogens (tertiary/aromatic N) is 3. The van der Waals surface area contributed by atoms with E-state index in [-0.39, 0.29) is 5.82 Å². The van der Waals surface area contributed by atoms with Crippen molar-refractivity contribution >= 4 is 0 Å². The average Bonchev–Trinajstić information content (AvgIpc) is 2.55. The number of hydrogen-bond donors (Lipinski definition) is 0. The van der Waals surface area contributed by atoms with Gasteiger partial charge in [-0.2, -0.15) is 18.6 Å². The minimum Gasteiger partial charge on any atom is -0.245 e. The van der Waals surface area contributed by atoms with Gasteiger partial charge < -0.3 is 0 Å². The molecule has 0 amide bonds. The summed E-state index contributed by atoms with van der Waals surface area (Å²) in [6.45, 7) is -1.50. The van der Waals surface area contributed by atoms with Gasteiger partial charge in [0.05, 0.1) is 5.69 Å². The first kappa shape index (κ1) is 10.5. The molecule has 1 heterocycles. The van der Waals surface area contributed by atoms with Crippen LogP contribution in [0.15, 0.2) is 35.1 Å². The summed E-state index contributed by atoms with van der Waals surface area (Å²) < 4.78 is 26.4. The number of aryl methyl sites for hydroxylation is 1. The molecule has 84 valence electrons. The third-order valence-corrected chi connectivity index (χ3v) is 2.18. The highest BCUT2D eigenvalue weighted by Gasteiger charge is 2.17. The highest BCUT2D eigenvalue weighted by atomic mass is 19.3. The molecule has 1 aromatic carbocycles. The normalized spacial score (nSPS) is 11.0. The van der Waals surface area contributed by atoms with Crippen molar-refractivity contribution in [2.75, 3.05) is 0 Å². The van der Waals surface area contributed by atoms with E-state index >= 15 is 0 Å². The molecular formula is C10H9F2N3O. The van der Waals surface area contributed by atoms with Crippen molar-refractivity contribution in [1.29, 1.82) is 0 Å². The van der Waals surface area contributed by atoms with Crippen LogP contribution in [-0.2, 0) is 0 Å². The zero-order chi connectivity index (χ0) is 11.7. The van der Waals surface area contributed by atoms with E-state index in [0.29, 0.717) is 10.3 Å². The smallest absolute Gasteiger partial charge is 0.245 e. The number of alkyl halides is 2. The van der Waals surface area contributed by atoms with Gasteiger partial charge >= 0.3 is 12.2 Å². The Kier molecular flexibility index (Phi) is 2.55. The summed E-state index contributed by atoms with van der Waals surface area (Å²) in [5, 5.41) is 3.79. The second-order valence-corrected chi connectivity index (χ2v) is 3.22. The Morgan fingerprint density at radius 2 is 1.88 bits per heavy atom. The van der Waals surface area contributed by atoms with Gasteiger partial charge in [0.15, 0.2) is 0 Å². The molecular weight excluding hydrogens is 216 g/mol. The molecule has 16 heavy (non-hydrogen) atoms. The molecule has 4 nitrogen and oxygen atoms in total. The monoisotopic (exact) mass is 225 g/mol. The van der Waals surface area contributed by atoms with Gasteiger partial charge in [-0.15, -0.1) is 0 Å². The lowest BCUT2D eigenvalue weighted by Crippen LogP contribution is -2.24. The van der Waals surface area contributed by atoms with Crippen molar-refractivity contribution in [3.05, 3.63) is 46.6 Å². The molecule has 0 aliphatic carbocycles. The molecule has 0 fully saturated rings. The largest absolute Gasteiger partial charge is 0.355 e. The predicted molar refractivity (Wildman–Crippen MR) is 53.8 cm³/mol. The van der Waals surface area contributed by atoms with E-state index in [1.807, 2.05) is 0 Å². The fraction of sp³-hybridized carbons (Fsp3) is 0.200. The average molecular weight is 225 g/mol. The van der Waals surface area contributed by atoms with E-state index in [1.165, 1.54) is 6.92 Å². The van der Waals surface area contributed by atoms with Crippen molar-refractivity contribution in [1.82, 2.24) is 14.3 Å². The first-order chi connectivity index (χ1) is 7.61. The third kappa shape index (κ3) is 1.62. The zero-order valence-electron chi connectivity index (χ0n) is 8.47. The Hall–Kier alpha value is -1.98. The van der Waals surface area contributed by atoms with Crippen LogP contribution in [0.25, 0.3) is 5.69 Å². The zero-order valence-corrected chi connectivity index (χ0v) is 8.47. The van der Waals surface area contributed by atoms with E-state index in [2.05, 4.69) is 5.10 Å². The number of halogens is 2. The maximum atomic E-state index is 12.5. The van der Waals surface area contributed by atoms with Crippen LogP contribution in [0.1, 0.15) is 12.4 Å². The van der Waals surface area contributed by atoms with Crippen molar-refractivity contribution in [2.45, 2.75) is 13.5 Å². The molecule has 6 heteroatoms. The van der Waals surface area contributed by atoms with Crippen molar-refractivity contribution in [3.63, 3.8) is 0 Å². The van der Waals surface area contributed by atoms with Gasteiger partial charge in [-0.1, -0.05) is 18.2 Å². The SMILES string of the molecule is Cc1nn(-c2ccccc2)c(=O)n1C(F)F. The van der Waals surface area contributed by atoms with Crippen LogP contribution in [0.2, 0.25) is 0 Å². The Labute approximate surface area is 89.7 Å². The predicted octanol–water partition coefficient (Wildman–Crippen LogP) is 1.74. The second kappa shape index (κ2) is 3.88. The third-order valence-electron chi connectivity index (χ3n) is 2.18. The first-order valence-electron chi connectivity index (χ1n) is 4.63. The molecule has 0 saturated carbocycles. The lowest BCUT2D eigenvalue weighted by Gasteiger charge is -1.98. The summed E-state index contributed by atoms with van der Waals surface area (Å²) in [6.07, 6.45) is 0. The first-order valence-corrected chi connectivity index (χ1v) is 4.63. The van der Waals surface area contributed by atoms with Gasteiger partial charge in [0.2, 0.25) is 0 Å². The molecule has 1 aromatic heterocycles. The van der Waals surface area contributed by atoms with Crippen LogP contribution >= 0.6 is 0 Å². The summed E-state index contributed by atoms with van der Waals surface area (Å²) in [4.78, 5) is 11.6. The Morgan fingerprint density at radius 3 is 2.38 bits per heavy atom. The standard InChI is InChI=1S/C10H9F2N3O/c1-7-13-15(8-5-3-2-4-6-8)10(16)14(7)9(11)12/h2-6,9H,1H3. The fourth-order valence-corrected chi connectivity index (χ4v) is 1.44. The van der Waals surface area contributed by atoms with E-state index in [4.69, 9.17) is 0 Å². The number of rotatable bonds is 2. The summed E-state index contributed by atoms with van der Waals surface area (Å²) in [6, 6.07) is 8.44. The van der Waals surface area contributed by atoms with Gasteiger partial charge in [0, 0.05) is 0 Å². The van der Waals surface area contributed by atoms with Crippen LogP contribution in [0, 0.1) is 6.92 Å². The molecule has 0 bridgehead atoms. The minimum atomic E-state index is -2.87. The van der Waals surface area contributed by atoms with Crippen molar-refractivity contribution < 1.29 is 8.78 Å². The molecule has 0 spiro atoms. The van der Waals surface area contributed by atoms with Crippen molar-refractivity contribution in [2.24, 2.45) is 0 Å². The Bertz CT molecular complexity index is 545. The molecule has 0 radical (unpaired) electrons. The molecule has 2 aromatic rings. The van der Waals surface area contributed by atoms with Crippen LogP contribution in [0.3, 0.4) is 0 Å². The second-order valence-electron chi connectivity index (χ2n) is 3.22. The number of aromatic nitrogens is 3. The Balaban J connectivity index is 2.61. The van der Waals surface area contributed by atoms with Crippen molar-refractivity contribution in [3.8, 4) is 5.69 Å². The summed E-state index contributed by atoms with van der Waals surface area (Å²) in [5.74, 6) is -0.0103. The molecule has 0 aliphatic heterocycles. The van der Waals surface area contributed by atoms with Gasteiger partial charge in [0.1, 0.15) is 5.82 Å². The highest BCUT2D eigenvalue weighted by molar-refractivity contribution is 5.29.